The van der Waals surface area contributed by atoms with Crippen molar-refractivity contribution in [1.29, 1.82) is 0 Å². The van der Waals surface area contributed by atoms with Gasteiger partial charge < -0.3 is 5.73 Å². The van der Waals surface area contributed by atoms with Gasteiger partial charge in [0.2, 0.25) is 5.43 Å². The largest absolute Gasteiger partial charge is 0.320 e. The lowest BCUT2D eigenvalue weighted by Crippen LogP contribution is -2.37. The van der Waals surface area contributed by atoms with Gasteiger partial charge in [-0.2, -0.15) is 5.10 Å². The van der Waals surface area contributed by atoms with Crippen molar-refractivity contribution in [3.63, 3.8) is 0 Å². The lowest BCUT2D eigenvalue weighted by molar-refractivity contribution is 0.440. The molecule has 0 bridgehead atoms. The summed E-state index contributed by atoms with van der Waals surface area (Å²) in [6, 6.07) is 3.06. The van der Waals surface area contributed by atoms with Gasteiger partial charge in [-0.05, 0) is 32.9 Å². The molecule has 0 aliphatic heterocycles. The molecule has 1 aromatic heterocycles. The van der Waals surface area contributed by atoms with Gasteiger partial charge in [-0.15, -0.1) is 0 Å². The lowest BCUT2D eigenvalue weighted by atomic mass is 10.0. The molecule has 0 unspecified atom stereocenters. The summed E-state index contributed by atoms with van der Waals surface area (Å²) in [7, 11) is 0. The Morgan fingerprint density at radius 1 is 1.19 bits per heavy atom. The topological polar surface area (TPSA) is 60.9 Å². The molecule has 0 saturated carbocycles. The molecule has 4 nitrogen and oxygen atoms in total. The second-order valence-corrected chi connectivity index (χ2v) is 5.33. The van der Waals surface area contributed by atoms with Gasteiger partial charge in [-0.3, -0.25) is 4.79 Å². The van der Waals surface area contributed by atoms with E-state index in [9.17, 15) is 18.0 Å². The van der Waals surface area contributed by atoms with E-state index in [-0.39, 0.29) is 17.1 Å². The number of nitrogens with zero attached hydrogens (tertiary/aromatic N) is 2. The summed E-state index contributed by atoms with van der Waals surface area (Å²) in [4.78, 5) is 11.9. The van der Waals surface area contributed by atoms with Crippen molar-refractivity contribution >= 4 is 0 Å². The molecule has 1 heterocycles. The van der Waals surface area contributed by atoms with Crippen LogP contribution in [0.4, 0.5) is 13.2 Å². The fourth-order valence-electron chi connectivity index (χ4n) is 1.92. The standard InChI is InChI=1S/C14H14F3N3O/c1-7-6-10(21)13(14(2,3)18)19-20(7)9-5-4-8(15)11(16)12(9)17/h4-6H,18H2,1-3H3. The average molecular weight is 297 g/mol. The Kier molecular flexibility index (Phi) is 3.63. The second-order valence-electron chi connectivity index (χ2n) is 5.33. The summed E-state index contributed by atoms with van der Waals surface area (Å²) < 4.78 is 41.2. The van der Waals surface area contributed by atoms with E-state index in [0.717, 1.165) is 16.8 Å². The minimum atomic E-state index is -1.60. The highest BCUT2D eigenvalue weighted by Crippen LogP contribution is 2.20. The highest BCUT2D eigenvalue weighted by Gasteiger charge is 2.23. The highest BCUT2D eigenvalue weighted by atomic mass is 19.2. The first-order chi connectivity index (χ1) is 9.62. The fraction of sp³-hybridized carbons (Fsp3) is 0.286. The SMILES string of the molecule is Cc1cc(=O)c(C(C)(C)N)nn1-c1ccc(F)c(F)c1F. The van der Waals surface area contributed by atoms with Crippen LogP contribution in [0.25, 0.3) is 5.69 Å². The molecule has 0 aliphatic rings. The van der Waals surface area contributed by atoms with Crippen molar-refractivity contribution in [1.82, 2.24) is 9.78 Å². The maximum Gasteiger partial charge on any atom is 0.205 e. The van der Waals surface area contributed by atoms with Gasteiger partial charge in [0.1, 0.15) is 11.4 Å². The molecule has 21 heavy (non-hydrogen) atoms. The van der Waals surface area contributed by atoms with Gasteiger partial charge in [0.15, 0.2) is 17.5 Å². The Bertz CT molecular complexity index is 763. The molecule has 0 saturated heterocycles. The molecule has 2 aromatic rings. The Morgan fingerprint density at radius 3 is 2.38 bits per heavy atom. The number of hydrogen-bond donors (Lipinski definition) is 1. The zero-order chi connectivity index (χ0) is 15.9. The van der Waals surface area contributed by atoms with Gasteiger partial charge >= 0.3 is 0 Å². The molecule has 1 aromatic carbocycles. The van der Waals surface area contributed by atoms with E-state index >= 15 is 0 Å². The molecule has 0 fully saturated rings. The Labute approximate surface area is 119 Å². The smallest absolute Gasteiger partial charge is 0.205 e. The summed E-state index contributed by atoms with van der Waals surface area (Å²) in [6.45, 7) is 4.64. The van der Waals surface area contributed by atoms with Gasteiger partial charge in [0.05, 0.1) is 5.54 Å². The van der Waals surface area contributed by atoms with Crippen molar-refractivity contribution in [2.75, 3.05) is 0 Å². The molecule has 2 rings (SSSR count). The third kappa shape index (κ3) is 2.69. The van der Waals surface area contributed by atoms with Crippen LogP contribution in [0.1, 0.15) is 25.2 Å². The van der Waals surface area contributed by atoms with Crippen molar-refractivity contribution in [3.05, 3.63) is 57.3 Å². The summed E-state index contributed by atoms with van der Waals surface area (Å²) in [5.41, 5.74) is 4.36. The van der Waals surface area contributed by atoms with Gasteiger partial charge in [-0.25, -0.2) is 17.9 Å². The van der Waals surface area contributed by atoms with E-state index in [4.69, 9.17) is 5.73 Å². The number of halogens is 3. The number of hydrogen-bond acceptors (Lipinski definition) is 3. The first-order valence-electron chi connectivity index (χ1n) is 6.17. The Hall–Kier alpha value is -2.15. The molecule has 0 spiro atoms. The average Bonchev–Trinajstić information content (AvgIpc) is 2.36. The van der Waals surface area contributed by atoms with Gasteiger partial charge in [0, 0.05) is 11.8 Å². The minimum absolute atomic E-state index is 0.00256. The zero-order valence-electron chi connectivity index (χ0n) is 11.7. The van der Waals surface area contributed by atoms with Crippen LogP contribution in [0, 0.1) is 24.4 Å². The first kappa shape index (κ1) is 15.2. The molecular formula is C14H14F3N3O. The number of aromatic nitrogens is 2. The van der Waals surface area contributed by atoms with Crippen LogP contribution in [0.3, 0.4) is 0 Å². The van der Waals surface area contributed by atoms with Crippen molar-refractivity contribution in [2.24, 2.45) is 5.73 Å². The molecule has 0 aliphatic carbocycles. The highest BCUT2D eigenvalue weighted by molar-refractivity contribution is 5.36. The molecular weight excluding hydrogens is 283 g/mol. The molecule has 0 atom stereocenters. The van der Waals surface area contributed by atoms with E-state index in [1.54, 1.807) is 13.8 Å². The van der Waals surface area contributed by atoms with E-state index in [0.29, 0.717) is 0 Å². The van der Waals surface area contributed by atoms with E-state index in [2.05, 4.69) is 5.10 Å². The predicted molar refractivity (Wildman–Crippen MR) is 71.7 cm³/mol. The lowest BCUT2D eigenvalue weighted by Gasteiger charge is -2.19. The first-order valence-corrected chi connectivity index (χ1v) is 6.17. The van der Waals surface area contributed by atoms with Crippen LogP contribution in [0.5, 0.6) is 0 Å². The van der Waals surface area contributed by atoms with E-state index < -0.39 is 28.4 Å². The van der Waals surface area contributed by atoms with Gasteiger partial charge in [-0.1, -0.05) is 0 Å². The minimum Gasteiger partial charge on any atom is -0.320 e. The maximum absolute atomic E-state index is 13.9. The third-order valence-corrected chi connectivity index (χ3v) is 2.96. The van der Waals surface area contributed by atoms with Crippen LogP contribution in [-0.4, -0.2) is 9.78 Å². The van der Waals surface area contributed by atoms with Crippen LogP contribution < -0.4 is 11.2 Å². The summed E-state index contributed by atoms with van der Waals surface area (Å²) in [6.07, 6.45) is 0. The molecule has 2 N–H and O–H groups in total. The van der Waals surface area contributed by atoms with Crippen LogP contribution in [-0.2, 0) is 5.54 Å². The Balaban J connectivity index is 2.76. The van der Waals surface area contributed by atoms with Crippen molar-refractivity contribution in [2.45, 2.75) is 26.3 Å². The number of aryl methyl sites for hydroxylation is 1. The Morgan fingerprint density at radius 2 is 1.81 bits per heavy atom. The zero-order valence-corrected chi connectivity index (χ0v) is 11.7. The number of nitrogens with two attached hydrogens (primary N) is 1. The fourth-order valence-corrected chi connectivity index (χ4v) is 1.92. The number of benzene rings is 1. The molecule has 7 heteroatoms. The van der Waals surface area contributed by atoms with Crippen molar-refractivity contribution in [3.8, 4) is 5.69 Å². The predicted octanol–water partition coefficient (Wildman–Crippen LogP) is 2.15. The van der Waals surface area contributed by atoms with Crippen LogP contribution in [0.2, 0.25) is 0 Å². The molecule has 0 radical (unpaired) electrons. The van der Waals surface area contributed by atoms with Crippen LogP contribution >= 0.6 is 0 Å². The summed E-state index contributed by atoms with van der Waals surface area (Å²) in [5, 5.41) is 3.99. The molecule has 112 valence electrons. The third-order valence-electron chi connectivity index (χ3n) is 2.96. The maximum atomic E-state index is 13.9. The number of rotatable bonds is 2. The van der Waals surface area contributed by atoms with Crippen molar-refractivity contribution < 1.29 is 13.2 Å². The van der Waals surface area contributed by atoms with E-state index in [1.807, 2.05) is 0 Å². The summed E-state index contributed by atoms with van der Waals surface area (Å²) >= 11 is 0. The normalized spacial score (nSPS) is 11.8. The second kappa shape index (κ2) is 5.00. The van der Waals surface area contributed by atoms with Gasteiger partial charge in [0.25, 0.3) is 0 Å². The quantitative estimate of drug-likeness (QED) is 0.864. The summed E-state index contributed by atoms with van der Waals surface area (Å²) in [5.74, 6) is -4.27. The molecule has 0 amide bonds. The van der Waals surface area contributed by atoms with Crippen LogP contribution in [0.15, 0.2) is 23.0 Å². The monoisotopic (exact) mass is 297 g/mol. The van der Waals surface area contributed by atoms with E-state index in [1.165, 1.54) is 13.0 Å².